The molecule has 0 radical (unpaired) electrons. The van der Waals surface area contributed by atoms with Gasteiger partial charge in [0.25, 0.3) is 0 Å². The van der Waals surface area contributed by atoms with E-state index >= 15 is 0 Å². The van der Waals surface area contributed by atoms with Gasteiger partial charge in [0.1, 0.15) is 0 Å². The summed E-state index contributed by atoms with van der Waals surface area (Å²) in [5.74, 6) is -0.908. The lowest BCUT2D eigenvalue weighted by molar-refractivity contribution is -0.115. The third kappa shape index (κ3) is 6.90. The number of nitrogens with one attached hydrogen (secondary N) is 2. The number of thioether (sulfide) groups is 1. The highest BCUT2D eigenvalue weighted by molar-refractivity contribution is 8.01. The van der Waals surface area contributed by atoms with Gasteiger partial charge in [-0.25, -0.2) is 4.79 Å². The minimum absolute atomic E-state index is 0.0732. The zero-order valence-corrected chi connectivity index (χ0v) is 18.3. The van der Waals surface area contributed by atoms with E-state index in [9.17, 15) is 14.4 Å². The summed E-state index contributed by atoms with van der Waals surface area (Å²) >= 11 is 2.38. The van der Waals surface area contributed by atoms with Gasteiger partial charge in [0.2, 0.25) is 16.9 Å². The second-order valence-electron chi connectivity index (χ2n) is 6.19. The molecule has 3 rings (SSSR count). The van der Waals surface area contributed by atoms with Gasteiger partial charge in [-0.2, -0.15) is 0 Å². The van der Waals surface area contributed by atoms with E-state index in [0.717, 1.165) is 5.56 Å². The molecule has 0 spiro atoms. The number of hydrogen-bond donors (Lipinski definition) is 2. The SMILES string of the molecule is CCOC(=O)c1ccccc1NC(=O)CSc1nnc(NC(=O)Cc2ccccc2)s1. The first-order chi connectivity index (χ1) is 15.0. The van der Waals surface area contributed by atoms with E-state index in [2.05, 4.69) is 20.8 Å². The highest BCUT2D eigenvalue weighted by Gasteiger charge is 2.15. The van der Waals surface area contributed by atoms with E-state index in [1.54, 1.807) is 31.2 Å². The van der Waals surface area contributed by atoms with Crippen LogP contribution < -0.4 is 10.6 Å². The van der Waals surface area contributed by atoms with Crippen LogP contribution in [0.1, 0.15) is 22.8 Å². The lowest BCUT2D eigenvalue weighted by Crippen LogP contribution is -2.17. The molecule has 0 saturated carbocycles. The van der Waals surface area contributed by atoms with Crippen LogP contribution in [0.25, 0.3) is 0 Å². The maximum atomic E-state index is 12.3. The molecular formula is C21H20N4O4S2. The van der Waals surface area contributed by atoms with Crippen molar-refractivity contribution in [3.05, 3.63) is 65.7 Å². The number of rotatable bonds is 9. The average Bonchev–Trinajstić information content (AvgIpc) is 3.20. The molecule has 0 bridgehead atoms. The van der Waals surface area contributed by atoms with Gasteiger partial charge in [-0.1, -0.05) is 65.6 Å². The Bertz CT molecular complexity index is 1060. The van der Waals surface area contributed by atoms with Crippen LogP contribution >= 0.6 is 23.1 Å². The average molecular weight is 457 g/mol. The second-order valence-corrected chi connectivity index (χ2v) is 8.39. The van der Waals surface area contributed by atoms with Crippen LogP contribution in [0.3, 0.4) is 0 Å². The first-order valence-electron chi connectivity index (χ1n) is 9.41. The Hall–Kier alpha value is -3.24. The smallest absolute Gasteiger partial charge is 0.340 e. The molecule has 2 N–H and O–H groups in total. The lowest BCUT2D eigenvalue weighted by atomic mass is 10.1. The number of para-hydroxylation sites is 1. The van der Waals surface area contributed by atoms with Gasteiger partial charge in [-0.15, -0.1) is 10.2 Å². The van der Waals surface area contributed by atoms with Crippen molar-refractivity contribution >= 4 is 51.7 Å². The summed E-state index contributed by atoms with van der Waals surface area (Å²) in [6, 6.07) is 16.0. The van der Waals surface area contributed by atoms with Crippen LogP contribution in [0.5, 0.6) is 0 Å². The van der Waals surface area contributed by atoms with Crippen molar-refractivity contribution in [2.45, 2.75) is 17.7 Å². The zero-order chi connectivity index (χ0) is 22.1. The highest BCUT2D eigenvalue weighted by Crippen LogP contribution is 2.26. The topological polar surface area (TPSA) is 110 Å². The maximum Gasteiger partial charge on any atom is 0.340 e. The largest absolute Gasteiger partial charge is 0.462 e. The highest BCUT2D eigenvalue weighted by atomic mass is 32.2. The van der Waals surface area contributed by atoms with Gasteiger partial charge >= 0.3 is 5.97 Å². The molecule has 1 heterocycles. The molecule has 0 atom stereocenters. The monoisotopic (exact) mass is 456 g/mol. The molecule has 1 aromatic heterocycles. The van der Waals surface area contributed by atoms with Crippen LogP contribution in [0.4, 0.5) is 10.8 Å². The van der Waals surface area contributed by atoms with Crippen LogP contribution in [-0.4, -0.2) is 40.3 Å². The number of hydrogen-bond acceptors (Lipinski definition) is 8. The standard InChI is InChI=1S/C21H20N4O4S2/c1-2-29-19(28)15-10-6-7-11-16(15)22-18(27)13-30-21-25-24-20(31-21)23-17(26)12-14-8-4-3-5-9-14/h3-11H,2,12-13H2,1H3,(H,22,27)(H,23,24,26). The molecule has 2 aromatic carbocycles. The number of esters is 1. The van der Waals surface area contributed by atoms with Crippen molar-refractivity contribution in [1.82, 2.24) is 10.2 Å². The predicted octanol–water partition coefficient (Wildman–Crippen LogP) is 3.63. The summed E-state index contributed by atoms with van der Waals surface area (Å²) in [4.78, 5) is 36.4. The first kappa shape index (κ1) is 22.4. The molecule has 0 fully saturated rings. The molecule has 8 nitrogen and oxygen atoms in total. The van der Waals surface area contributed by atoms with Crippen LogP contribution in [0.2, 0.25) is 0 Å². The van der Waals surface area contributed by atoms with E-state index in [4.69, 9.17) is 4.74 Å². The van der Waals surface area contributed by atoms with E-state index in [-0.39, 0.29) is 30.6 Å². The van der Waals surface area contributed by atoms with E-state index in [0.29, 0.717) is 20.7 Å². The molecule has 3 aromatic rings. The van der Waals surface area contributed by atoms with Gasteiger partial charge in [0, 0.05) is 0 Å². The summed E-state index contributed by atoms with van der Waals surface area (Å²) < 4.78 is 5.55. The molecule has 10 heteroatoms. The van der Waals surface area contributed by atoms with Crippen molar-refractivity contribution in [1.29, 1.82) is 0 Å². The Labute approximate surface area is 187 Å². The van der Waals surface area contributed by atoms with E-state index in [1.807, 2.05) is 30.3 Å². The molecule has 0 aliphatic rings. The summed E-state index contributed by atoms with van der Waals surface area (Å²) in [6.45, 7) is 1.97. The second kappa shape index (κ2) is 11.2. The van der Waals surface area contributed by atoms with Gasteiger partial charge in [-0.05, 0) is 24.6 Å². The summed E-state index contributed by atoms with van der Waals surface area (Å²) in [6.07, 6.45) is 0.241. The summed E-state index contributed by atoms with van der Waals surface area (Å²) in [5, 5.41) is 13.7. The van der Waals surface area contributed by atoms with Crippen molar-refractivity contribution in [2.75, 3.05) is 23.0 Å². The molecule has 0 aliphatic heterocycles. The number of benzene rings is 2. The third-order valence-electron chi connectivity index (χ3n) is 3.88. The fourth-order valence-corrected chi connectivity index (χ4v) is 4.12. The fraction of sp³-hybridized carbons (Fsp3) is 0.190. The number of aromatic nitrogens is 2. The number of carbonyl (C=O) groups is 3. The van der Waals surface area contributed by atoms with Crippen molar-refractivity contribution in [3.8, 4) is 0 Å². The quantitative estimate of drug-likeness (QED) is 0.287. The Kier molecular flexibility index (Phi) is 8.13. The van der Waals surface area contributed by atoms with E-state index < -0.39 is 5.97 Å². The first-order valence-corrected chi connectivity index (χ1v) is 11.2. The zero-order valence-electron chi connectivity index (χ0n) is 16.7. The minimum atomic E-state index is -0.494. The van der Waals surface area contributed by atoms with Crippen LogP contribution in [-0.2, 0) is 20.7 Å². The Morgan fingerprint density at radius 3 is 2.48 bits per heavy atom. The van der Waals surface area contributed by atoms with Crippen molar-refractivity contribution < 1.29 is 19.1 Å². The Balaban J connectivity index is 1.50. The summed E-state index contributed by atoms with van der Waals surface area (Å²) in [5.41, 5.74) is 1.58. The summed E-state index contributed by atoms with van der Waals surface area (Å²) in [7, 11) is 0. The fourth-order valence-electron chi connectivity index (χ4n) is 2.56. The minimum Gasteiger partial charge on any atom is -0.462 e. The van der Waals surface area contributed by atoms with Gasteiger partial charge < -0.3 is 15.4 Å². The molecular weight excluding hydrogens is 436 g/mol. The van der Waals surface area contributed by atoms with E-state index in [1.165, 1.54) is 23.1 Å². The molecule has 160 valence electrons. The van der Waals surface area contributed by atoms with Gasteiger partial charge in [-0.3, -0.25) is 9.59 Å². The third-order valence-corrected chi connectivity index (χ3v) is 5.86. The number of anilines is 2. The van der Waals surface area contributed by atoms with Gasteiger partial charge in [0.05, 0.1) is 30.0 Å². The van der Waals surface area contributed by atoms with Crippen molar-refractivity contribution in [3.63, 3.8) is 0 Å². The molecule has 0 aliphatic carbocycles. The molecule has 2 amide bonds. The number of ether oxygens (including phenoxy) is 1. The lowest BCUT2D eigenvalue weighted by Gasteiger charge is -2.09. The molecule has 0 saturated heterocycles. The molecule has 31 heavy (non-hydrogen) atoms. The Morgan fingerprint density at radius 2 is 1.71 bits per heavy atom. The normalized spacial score (nSPS) is 10.4. The Morgan fingerprint density at radius 1 is 0.968 bits per heavy atom. The van der Waals surface area contributed by atoms with Crippen molar-refractivity contribution in [2.24, 2.45) is 0 Å². The number of amides is 2. The van der Waals surface area contributed by atoms with Crippen LogP contribution in [0, 0.1) is 0 Å². The number of carbonyl (C=O) groups excluding carboxylic acids is 3. The number of nitrogens with zero attached hydrogens (tertiary/aromatic N) is 2. The maximum absolute atomic E-state index is 12.3. The van der Waals surface area contributed by atoms with Gasteiger partial charge in [0.15, 0.2) is 4.34 Å². The van der Waals surface area contributed by atoms with Crippen LogP contribution in [0.15, 0.2) is 58.9 Å². The predicted molar refractivity (Wildman–Crippen MR) is 120 cm³/mol. The molecule has 0 unspecified atom stereocenters.